The first-order valence-corrected chi connectivity index (χ1v) is 10.3. The first-order valence-electron chi connectivity index (χ1n) is 10.3. The van der Waals surface area contributed by atoms with Crippen LogP contribution in [0.15, 0.2) is 42.5 Å². The first-order chi connectivity index (χ1) is 15.2. The van der Waals surface area contributed by atoms with E-state index in [4.69, 9.17) is 14.5 Å². The zero-order chi connectivity index (χ0) is 23.5. The van der Waals surface area contributed by atoms with E-state index in [1.807, 2.05) is 6.07 Å². The Morgan fingerprint density at radius 2 is 1.59 bits per heavy atom. The van der Waals surface area contributed by atoms with Crippen molar-refractivity contribution in [2.24, 2.45) is 0 Å². The highest BCUT2D eigenvalue weighted by atomic mass is 19.4. The summed E-state index contributed by atoms with van der Waals surface area (Å²) in [5.41, 5.74) is 4.29. The second kappa shape index (κ2) is 9.59. The van der Waals surface area contributed by atoms with Crippen molar-refractivity contribution in [2.45, 2.75) is 46.4 Å². The summed E-state index contributed by atoms with van der Waals surface area (Å²) in [6.45, 7) is 5.74. The third-order valence-corrected chi connectivity index (χ3v) is 5.40. The standard InChI is InChI=1S/C25H25F4NO2/c1-5-16-8-7-9-17(6-2)24(16)21-13-22(31-4)19(15(3)30-21)14-32-23-12-18(25(27,28)29)10-11-20(23)26/h7-13H,5-6,14H2,1-4H3. The topological polar surface area (TPSA) is 31.4 Å². The average Bonchev–Trinajstić information content (AvgIpc) is 2.77. The summed E-state index contributed by atoms with van der Waals surface area (Å²) in [6.07, 6.45) is -2.91. The molecule has 0 saturated carbocycles. The number of aryl methyl sites for hydroxylation is 3. The van der Waals surface area contributed by atoms with Gasteiger partial charge in [0.1, 0.15) is 12.4 Å². The molecule has 7 heteroatoms. The van der Waals surface area contributed by atoms with E-state index >= 15 is 0 Å². The van der Waals surface area contributed by atoms with E-state index in [1.54, 1.807) is 13.0 Å². The number of rotatable bonds is 7. The Morgan fingerprint density at radius 1 is 0.938 bits per heavy atom. The Hall–Kier alpha value is -3.09. The van der Waals surface area contributed by atoms with Gasteiger partial charge in [-0.1, -0.05) is 32.0 Å². The second-order valence-electron chi connectivity index (χ2n) is 7.36. The molecule has 0 aliphatic carbocycles. The highest BCUT2D eigenvalue weighted by molar-refractivity contribution is 5.70. The summed E-state index contributed by atoms with van der Waals surface area (Å²) >= 11 is 0. The number of nitrogens with zero attached hydrogens (tertiary/aromatic N) is 1. The number of halogens is 4. The Labute approximate surface area is 185 Å². The summed E-state index contributed by atoms with van der Waals surface area (Å²) in [5, 5.41) is 0. The van der Waals surface area contributed by atoms with Crippen LogP contribution in [0.2, 0.25) is 0 Å². The maximum atomic E-state index is 14.1. The normalized spacial score (nSPS) is 11.5. The molecule has 3 nitrogen and oxygen atoms in total. The monoisotopic (exact) mass is 447 g/mol. The predicted molar refractivity (Wildman–Crippen MR) is 115 cm³/mol. The minimum atomic E-state index is -4.59. The third kappa shape index (κ3) is 4.87. The van der Waals surface area contributed by atoms with E-state index in [0.29, 0.717) is 29.1 Å². The van der Waals surface area contributed by atoms with E-state index in [9.17, 15) is 17.6 Å². The fourth-order valence-electron chi connectivity index (χ4n) is 3.67. The third-order valence-electron chi connectivity index (χ3n) is 5.40. The number of pyridine rings is 1. The van der Waals surface area contributed by atoms with Gasteiger partial charge in [0.05, 0.1) is 23.9 Å². The minimum Gasteiger partial charge on any atom is -0.496 e. The van der Waals surface area contributed by atoms with Crippen molar-refractivity contribution in [1.29, 1.82) is 0 Å². The van der Waals surface area contributed by atoms with Gasteiger partial charge in [0.2, 0.25) is 0 Å². The maximum Gasteiger partial charge on any atom is 0.416 e. The fraction of sp³-hybridized carbons (Fsp3) is 0.320. The molecule has 1 heterocycles. The van der Waals surface area contributed by atoms with Crippen LogP contribution in [-0.4, -0.2) is 12.1 Å². The van der Waals surface area contributed by atoms with E-state index in [1.165, 1.54) is 7.11 Å². The summed E-state index contributed by atoms with van der Waals surface area (Å²) < 4.78 is 63.9. The second-order valence-corrected chi connectivity index (χ2v) is 7.36. The molecule has 0 spiro atoms. The molecule has 0 fully saturated rings. The van der Waals surface area contributed by atoms with Crippen LogP contribution in [0.4, 0.5) is 17.6 Å². The van der Waals surface area contributed by atoms with Gasteiger partial charge in [-0.05, 0) is 49.1 Å². The van der Waals surface area contributed by atoms with E-state index < -0.39 is 23.3 Å². The van der Waals surface area contributed by atoms with Crippen LogP contribution in [0.3, 0.4) is 0 Å². The largest absolute Gasteiger partial charge is 0.496 e. The number of alkyl halides is 3. The van der Waals surface area contributed by atoms with Gasteiger partial charge in [-0.3, -0.25) is 4.98 Å². The van der Waals surface area contributed by atoms with Crippen LogP contribution >= 0.6 is 0 Å². The van der Waals surface area contributed by atoms with Crippen molar-refractivity contribution < 1.29 is 27.0 Å². The Morgan fingerprint density at radius 3 is 2.16 bits per heavy atom. The van der Waals surface area contributed by atoms with Crippen LogP contribution in [0, 0.1) is 12.7 Å². The number of methoxy groups -OCH3 is 1. The summed E-state index contributed by atoms with van der Waals surface area (Å²) in [5.74, 6) is -0.869. The molecule has 0 atom stereocenters. The van der Waals surface area contributed by atoms with Gasteiger partial charge in [0.15, 0.2) is 11.6 Å². The average molecular weight is 447 g/mol. The molecule has 0 radical (unpaired) electrons. The first kappa shape index (κ1) is 23.6. The molecule has 0 unspecified atom stereocenters. The molecule has 0 aliphatic rings. The van der Waals surface area contributed by atoms with Gasteiger partial charge in [0.25, 0.3) is 0 Å². The quantitative estimate of drug-likeness (QED) is 0.368. The Balaban J connectivity index is 1.98. The van der Waals surface area contributed by atoms with Gasteiger partial charge in [-0.15, -0.1) is 0 Å². The molecule has 1 aromatic heterocycles. The zero-order valence-electron chi connectivity index (χ0n) is 18.4. The lowest BCUT2D eigenvalue weighted by Gasteiger charge is -2.18. The molecule has 2 aromatic carbocycles. The molecule has 0 aliphatic heterocycles. The Bertz CT molecular complexity index is 1090. The van der Waals surface area contributed by atoms with Crippen molar-refractivity contribution in [2.75, 3.05) is 7.11 Å². The smallest absolute Gasteiger partial charge is 0.416 e. The molecule has 0 saturated heterocycles. The summed E-state index contributed by atoms with van der Waals surface area (Å²) in [4.78, 5) is 4.73. The number of hydrogen-bond acceptors (Lipinski definition) is 3. The lowest BCUT2D eigenvalue weighted by atomic mass is 9.94. The van der Waals surface area contributed by atoms with Gasteiger partial charge in [-0.2, -0.15) is 13.2 Å². The van der Waals surface area contributed by atoms with Crippen LogP contribution in [0.1, 0.15) is 41.8 Å². The molecule has 0 bridgehead atoms. The Kier molecular flexibility index (Phi) is 7.06. The van der Waals surface area contributed by atoms with Crippen LogP contribution in [0.5, 0.6) is 11.5 Å². The lowest BCUT2D eigenvalue weighted by molar-refractivity contribution is -0.137. The number of hydrogen-bond donors (Lipinski definition) is 0. The lowest BCUT2D eigenvalue weighted by Crippen LogP contribution is -2.08. The van der Waals surface area contributed by atoms with Crippen molar-refractivity contribution in [3.05, 3.63) is 76.2 Å². The predicted octanol–water partition coefficient (Wildman–Crippen LogP) is 6.93. The molecular weight excluding hydrogens is 422 g/mol. The van der Waals surface area contributed by atoms with Crippen molar-refractivity contribution in [1.82, 2.24) is 4.98 Å². The minimum absolute atomic E-state index is 0.184. The molecule has 170 valence electrons. The maximum absolute atomic E-state index is 14.1. The number of benzene rings is 2. The molecule has 3 aromatic rings. The van der Waals surface area contributed by atoms with Gasteiger partial charge >= 0.3 is 6.18 Å². The van der Waals surface area contributed by atoms with E-state index in [-0.39, 0.29) is 6.61 Å². The summed E-state index contributed by atoms with van der Waals surface area (Å²) in [7, 11) is 1.50. The van der Waals surface area contributed by atoms with E-state index in [2.05, 4.69) is 26.0 Å². The van der Waals surface area contributed by atoms with Crippen molar-refractivity contribution in [3.8, 4) is 22.8 Å². The zero-order valence-corrected chi connectivity index (χ0v) is 18.4. The SMILES string of the molecule is CCc1cccc(CC)c1-c1cc(OC)c(COc2cc(C(F)(F)F)ccc2F)c(C)n1. The van der Waals surface area contributed by atoms with Crippen molar-refractivity contribution in [3.63, 3.8) is 0 Å². The summed E-state index contributed by atoms with van der Waals surface area (Å²) in [6, 6.07) is 10.0. The molecule has 3 rings (SSSR count). The van der Waals surface area contributed by atoms with Crippen molar-refractivity contribution >= 4 is 0 Å². The molecule has 0 N–H and O–H groups in total. The number of ether oxygens (including phenoxy) is 2. The van der Waals surface area contributed by atoms with Crippen LogP contribution in [0.25, 0.3) is 11.3 Å². The highest BCUT2D eigenvalue weighted by Gasteiger charge is 2.31. The fourth-order valence-corrected chi connectivity index (χ4v) is 3.67. The van der Waals surface area contributed by atoms with Crippen LogP contribution < -0.4 is 9.47 Å². The molecule has 32 heavy (non-hydrogen) atoms. The highest BCUT2D eigenvalue weighted by Crippen LogP contribution is 2.35. The number of aromatic nitrogens is 1. The van der Waals surface area contributed by atoms with Gasteiger partial charge in [-0.25, -0.2) is 4.39 Å². The molecule has 0 amide bonds. The van der Waals surface area contributed by atoms with E-state index in [0.717, 1.165) is 41.3 Å². The molecular formula is C25H25F4NO2. The van der Waals surface area contributed by atoms with Gasteiger partial charge < -0.3 is 9.47 Å². The van der Waals surface area contributed by atoms with Crippen LogP contribution in [-0.2, 0) is 25.6 Å². The van der Waals surface area contributed by atoms with Gasteiger partial charge in [0, 0.05) is 17.3 Å².